The molecule has 3 N–H and O–H groups in total. The Morgan fingerprint density at radius 3 is 2.44 bits per heavy atom. The van der Waals surface area contributed by atoms with E-state index in [-0.39, 0.29) is 88.4 Å². The van der Waals surface area contributed by atoms with Gasteiger partial charge < -0.3 is 20.1 Å². The number of rotatable bonds is 8. The summed E-state index contributed by atoms with van der Waals surface area (Å²) in [5, 5.41) is 20.4. The lowest BCUT2D eigenvalue weighted by Crippen LogP contribution is -2.56. The van der Waals surface area contributed by atoms with Crippen LogP contribution >= 0.6 is 11.6 Å². The second kappa shape index (κ2) is 11.4. The Morgan fingerprint density at radius 1 is 1.16 bits per heavy atom. The van der Waals surface area contributed by atoms with Crippen LogP contribution in [0.2, 0.25) is 5.02 Å². The number of halogens is 5. The van der Waals surface area contributed by atoms with Crippen molar-refractivity contribution in [1.82, 2.24) is 10.2 Å². The van der Waals surface area contributed by atoms with Crippen LogP contribution < -0.4 is 5.32 Å². The monoisotopic (exact) mass is 621 g/mol. The van der Waals surface area contributed by atoms with Crippen LogP contribution in [0.5, 0.6) is 0 Å². The van der Waals surface area contributed by atoms with E-state index >= 15 is 0 Å². The number of carbonyl (C=O) groups is 3. The van der Waals surface area contributed by atoms with Crippen LogP contribution in [0.3, 0.4) is 0 Å². The Bertz CT molecular complexity index is 1550. The summed E-state index contributed by atoms with van der Waals surface area (Å²) in [7, 11) is 1.54. The number of aromatic carboxylic acids is 1. The number of carboxylic acids is 1. The Hall–Kier alpha value is -3.77. The molecule has 2 aromatic carbocycles. The second-order valence-corrected chi connectivity index (χ2v) is 11.5. The molecular formula is C30H28ClF4N3O5. The number of amides is 2. The fourth-order valence-electron chi connectivity index (χ4n) is 5.78. The molecule has 0 radical (unpaired) electrons. The standard InChI is InChI=1S/C30H28ClF4N3O5/c1-43-17-13-38(14-17)27(40)15-5-8-19(25(36)18-7-6-16(28(41)42)11-22(18)32)23(12-15)37-26(39)24-20(3-2-4-21(24)31)29(9-10-29)30(33,34)35/h2-4,6-7,11,15,17,36H,5,8-10,12-14H2,1H3,(H,37,39)(H,41,42). The lowest BCUT2D eigenvalue weighted by Gasteiger charge is -2.41. The summed E-state index contributed by atoms with van der Waals surface area (Å²) in [6, 6.07) is 6.94. The smallest absolute Gasteiger partial charge is 0.398 e. The number of benzene rings is 2. The average Bonchev–Trinajstić information content (AvgIpc) is 3.74. The SMILES string of the molecule is COC1CN(C(=O)C2CCC(C(=N)c3ccc(C(=O)O)cc3F)=C(NC(=O)c3c(Cl)cccc3C3(C(F)(F)F)CC3)C2)C1. The third-order valence-corrected chi connectivity index (χ3v) is 8.82. The Balaban J connectivity index is 1.51. The van der Waals surface area contributed by atoms with E-state index in [4.69, 9.17) is 21.7 Å². The first-order valence-electron chi connectivity index (χ1n) is 13.6. The molecule has 43 heavy (non-hydrogen) atoms. The molecule has 1 aliphatic heterocycles. The molecular weight excluding hydrogens is 594 g/mol. The van der Waals surface area contributed by atoms with Crippen LogP contribution in [0, 0.1) is 17.1 Å². The molecule has 2 amide bonds. The predicted octanol–water partition coefficient (Wildman–Crippen LogP) is 5.48. The molecule has 1 atom stereocenters. The van der Waals surface area contributed by atoms with Gasteiger partial charge in [-0.05, 0) is 67.5 Å². The number of allylic oxidation sites excluding steroid dienone is 2. The van der Waals surface area contributed by atoms with Crippen molar-refractivity contribution in [2.24, 2.45) is 5.92 Å². The van der Waals surface area contributed by atoms with E-state index in [1.54, 1.807) is 4.90 Å². The second-order valence-electron chi connectivity index (χ2n) is 11.1. The molecule has 0 aromatic heterocycles. The highest BCUT2D eigenvalue weighted by molar-refractivity contribution is 6.34. The minimum Gasteiger partial charge on any atom is -0.478 e. The minimum absolute atomic E-state index is 0.0601. The van der Waals surface area contributed by atoms with Gasteiger partial charge in [0, 0.05) is 37.4 Å². The van der Waals surface area contributed by atoms with E-state index in [0.717, 1.165) is 18.2 Å². The summed E-state index contributed by atoms with van der Waals surface area (Å²) in [5.41, 5.74) is -3.43. The first-order valence-corrected chi connectivity index (χ1v) is 14.0. The molecule has 5 rings (SSSR count). The molecule has 13 heteroatoms. The summed E-state index contributed by atoms with van der Waals surface area (Å²) in [6.45, 7) is 0.785. The van der Waals surface area contributed by atoms with Crippen molar-refractivity contribution in [1.29, 1.82) is 5.41 Å². The van der Waals surface area contributed by atoms with E-state index in [9.17, 15) is 37.1 Å². The number of likely N-dealkylation sites (tertiary alicyclic amines) is 1. The Labute approximate surface area is 249 Å². The molecule has 1 saturated carbocycles. The zero-order valence-corrected chi connectivity index (χ0v) is 23.7. The number of nitrogens with zero attached hydrogens (tertiary/aromatic N) is 1. The van der Waals surface area contributed by atoms with Crippen LogP contribution in [0.1, 0.15) is 63.9 Å². The van der Waals surface area contributed by atoms with Crippen LogP contribution in [0.25, 0.3) is 0 Å². The Morgan fingerprint density at radius 2 is 1.86 bits per heavy atom. The number of hydrogen-bond donors (Lipinski definition) is 3. The van der Waals surface area contributed by atoms with Gasteiger partial charge in [0.15, 0.2) is 0 Å². The number of nitrogens with one attached hydrogen (secondary N) is 2. The predicted molar refractivity (Wildman–Crippen MR) is 148 cm³/mol. The first-order chi connectivity index (χ1) is 20.3. The van der Waals surface area contributed by atoms with Gasteiger partial charge in [-0.3, -0.25) is 15.0 Å². The molecule has 1 unspecified atom stereocenters. The maximum Gasteiger partial charge on any atom is 0.398 e. The summed E-state index contributed by atoms with van der Waals surface area (Å²) in [5.74, 6) is -4.07. The number of methoxy groups -OCH3 is 1. The minimum atomic E-state index is -4.61. The molecule has 3 aliphatic rings. The van der Waals surface area contributed by atoms with Crippen molar-refractivity contribution >= 4 is 35.1 Å². The highest BCUT2D eigenvalue weighted by Gasteiger charge is 2.65. The zero-order chi connectivity index (χ0) is 31.3. The van der Waals surface area contributed by atoms with E-state index in [2.05, 4.69) is 5.32 Å². The molecule has 8 nitrogen and oxygen atoms in total. The third-order valence-electron chi connectivity index (χ3n) is 8.50. The summed E-state index contributed by atoms with van der Waals surface area (Å²) < 4.78 is 62.4. The van der Waals surface area contributed by atoms with Gasteiger partial charge in [0.2, 0.25) is 5.91 Å². The average molecular weight is 622 g/mol. The number of carboxylic acid groups (broad SMARTS) is 1. The maximum atomic E-state index is 14.9. The van der Waals surface area contributed by atoms with Gasteiger partial charge >= 0.3 is 12.1 Å². The normalized spacial score (nSPS) is 20.0. The largest absolute Gasteiger partial charge is 0.478 e. The van der Waals surface area contributed by atoms with Gasteiger partial charge in [-0.25, -0.2) is 9.18 Å². The van der Waals surface area contributed by atoms with Gasteiger partial charge in [0.05, 0.1) is 33.4 Å². The molecule has 2 aromatic rings. The van der Waals surface area contributed by atoms with Gasteiger partial charge in [-0.1, -0.05) is 23.7 Å². The number of ether oxygens (including phenoxy) is 1. The van der Waals surface area contributed by atoms with Crippen LogP contribution in [-0.2, 0) is 14.9 Å². The molecule has 1 saturated heterocycles. The number of alkyl halides is 3. The maximum absolute atomic E-state index is 14.9. The van der Waals surface area contributed by atoms with Crippen molar-refractivity contribution in [3.63, 3.8) is 0 Å². The van der Waals surface area contributed by atoms with Gasteiger partial charge in [0.25, 0.3) is 5.91 Å². The first kappa shape index (κ1) is 30.7. The van der Waals surface area contributed by atoms with Crippen LogP contribution in [-0.4, -0.2) is 66.0 Å². The summed E-state index contributed by atoms with van der Waals surface area (Å²) in [4.78, 5) is 39.8. The van der Waals surface area contributed by atoms with Crippen molar-refractivity contribution < 1.29 is 41.8 Å². The molecule has 2 fully saturated rings. The van der Waals surface area contributed by atoms with Crippen LogP contribution in [0.15, 0.2) is 47.7 Å². The number of carbonyl (C=O) groups excluding carboxylic acids is 2. The van der Waals surface area contributed by atoms with E-state index < -0.39 is 35.2 Å². The molecule has 0 spiro atoms. The van der Waals surface area contributed by atoms with Crippen molar-refractivity contribution in [3.8, 4) is 0 Å². The van der Waals surface area contributed by atoms with E-state index in [1.165, 1.54) is 25.3 Å². The van der Waals surface area contributed by atoms with Crippen molar-refractivity contribution in [3.05, 3.63) is 80.8 Å². The topological polar surface area (TPSA) is 120 Å². The van der Waals surface area contributed by atoms with Crippen molar-refractivity contribution in [2.75, 3.05) is 20.2 Å². The quantitative estimate of drug-likeness (QED) is 0.266. The van der Waals surface area contributed by atoms with Gasteiger partial charge in [-0.15, -0.1) is 0 Å². The lowest BCUT2D eigenvalue weighted by atomic mass is 9.82. The molecule has 1 heterocycles. The van der Waals surface area contributed by atoms with E-state index in [1.807, 2.05) is 0 Å². The van der Waals surface area contributed by atoms with Crippen molar-refractivity contribution in [2.45, 2.75) is 49.8 Å². The van der Waals surface area contributed by atoms with E-state index in [0.29, 0.717) is 13.1 Å². The fourth-order valence-corrected chi connectivity index (χ4v) is 6.04. The van der Waals surface area contributed by atoms with Gasteiger partial charge in [-0.2, -0.15) is 13.2 Å². The highest BCUT2D eigenvalue weighted by Crippen LogP contribution is 2.60. The lowest BCUT2D eigenvalue weighted by molar-refractivity contribution is -0.160. The molecule has 2 aliphatic carbocycles. The third kappa shape index (κ3) is 5.65. The van der Waals surface area contributed by atoms with Gasteiger partial charge in [0.1, 0.15) is 5.82 Å². The zero-order valence-electron chi connectivity index (χ0n) is 23.0. The fraction of sp³-hybridized carbons (Fsp3) is 0.400. The van der Waals surface area contributed by atoms with Crippen LogP contribution in [0.4, 0.5) is 17.6 Å². The molecule has 228 valence electrons. The summed E-state index contributed by atoms with van der Waals surface area (Å²) in [6.07, 6.45) is -4.81. The number of hydrogen-bond acceptors (Lipinski definition) is 5. The Kier molecular flexibility index (Phi) is 8.12. The molecule has 0 bridgehead atoms. The summed E-state index contributed by atoms with van der Waals surface area (Å²) >= 11 is 6.30. The highest BCUT2D eigenvalue weighted by atomic mass is 35.5.